The van der Waals surface area contributed by atoms with Crippen molar-refractivity contribution >= 4 is 17.8 Å². The van der Waals surface area contributed by atoms with E-state index in [-0.39, 0.29) is 0 Å². The molecule has 0 bridgehead atoms. The van der Waals surface area contributed by atoms with E-state index in [2.05, 4.69) is 0 Å². The van der Waals surface area contributed by atoms with Gasteiger partial charge in [-0.15, -0.1) is 0 Å². The fourth-order valence-corrected chi connectivity index (χ4v) is 2.65. The summed E-state index contributed by atoms with van der Waals surface area (Å²) in [5.74, 6) is -7.04. The summed E-state index contributed by atoms with van der Waals surface area (Å²) in [5.41, 5.74) is 0. The zero-order chi connectivity index (χ0) is 19.5. The first-order valence-corrected chi connectivity index (χ1v) is 7.22. The molecule has 0 aromatic heterocycles. The molecule has 0 aromatic rings. The number of aliphatic hydroxyl groups excluding tert-OH is 5. The summed E-state index contributed by atoms with van der Waals surface area (Å²) >= 11 is 0. The smallest absolute Gasteiger partial charge is 0.364 e. The van der Waals surface area contributed by atoms with Gasteiger partial charge in [-0.2, -0.15) is 0 Å². The summed E-state index contributed by atoms with van der Waals surface area (Å²) in [7, 11) is 0. The third-order valence-corrected chi connectivity index (χ3v) is 3.84. The predicted octanol–water partition coefficient (Wildman–Crippen LogP) is -4.64. The van der Waals surface area contributed by atoms with Gasteiger partial charge in [0.2, 0.25) is 5.91 Å². The van der Waals surface area contributed by atoms with Crippen LogP contribution in [0.4, 0.5) is 0 Å². The number of carbonyl (C=O) groups excluding carboxylic acids is 2. The third-order valence-electron chi connectivity index (χ3n) is 3.84. The van der Waals surface area contributed by atoms with Gasteiger partial charge in [0.25, 0.3) is 11.7 Å². The lowest BCUT2D eigenvalue weighted by molar-refractivity contribution is -0.302. The van der Waals surface area contributed by atoms with E-state index in [1.54, 1.807) is 0 Å². The molecule has 12 nitrogen and oxygen atoms in total. The Hall–Kier alpha value is -1.67. The fraction of sp³-hybridized carbons (Fsp3) is 0.769. The zero-order valence-electron chi connectivity index (χ0n) is 13.2. The highest BCUT2D eigenvalue weighted by Gasteiger charge is 2.56. The molecule has 0 radical (unpaired) electrons. The van der Waals surface area contributed by atoms with Crippen molar-refractivity contribution in [1.82, 2.24) is 4.90 Å². The molecule has 1 rings (SSSR count). The lowest BCUT2D eigenvalue weighted by Gasteiger charge is -2.47. The van der Waals surface area contributed by atoms with E-state index in [0.717, 1.165) is 6.92 Å². The van der Waals surface area contributed by atoms with E-state index in [1.807, 2.05) is 0 Å². The standard InChI is InChI=1S/C13H21NO11/c1-5(17)14(8(20)4-16)9-6(18)2-13(24,12(22)23)25-11(9)10(21)7(19)3-15/h6-7,9-11,15-16,18-19,21,24H,2-4H2,1H3,(H,22,23)/t6-,7+,9+,10?,11+,13+/m0/s1. The Balaban J connectivity index is 3.37. The average Bonchev–Trinajstić information content (AvgIpc) is 2.54. The van der Waals surface area contributed by atoms with Crippen molar-refractivity contribution in [2.24, 2.45) is 0 Å². The highest BCUT2D eigenvalue weighted by atomic mass is 16.7. The number of rotatable bonds is 6. The van der Waals surface area contributed by atoms with Crippen molar-refractivity contribution < 1.29 is 54.9 Å². The van der Waals surface area contributed by atoms with Crippen LogP contribution in [-0.2, 0) is 19.1 Å². The first kappa shape index (κ1) is 21.4. The Morgan fingerprint density at radius 2 is 1.84 bits per heavy atom. The van der Waals surface area contributed by atoms with Crippen LogP contribution in [0.3, 0.4) is 0 Å². The van der Waals surface area contributed by atoms with Gasteiger partial charge in [0.15, 0.2) is 0 Å². The summed E-state index contributed by atoms with van der Waals surface area (Å²) in [6.07, 6.45) is -8.78. The Kier molecular flexibility index (Phi) is 6.96. The van der Waals surface area contributed by atoms with Crippen LogP contribution in [0.25, 0.3) is 0 Å². The van der Waals surface area contributed by atoms with Crippen LogP contribution in [0.1, 0.15) is 13.3 Å². The Bertz CT molecular complexity index is 526. The van der Waals surface area contributed by atoms with Crippen LogP contribution in [0.5, 0.6) is 0 Å². The largest absolute Gasteiger partial charge is 0.477 e. The van der Waals surface area contributed by atoms with Gasteiger partial charge < -0.3 is 40.5 Å². The summed E-state index contributed by atoms with van der Waals surface area (Å²) in [6, 6.07) is -1.73. The topological polar surface area (TPSA) is 205 Å². The normalized spacial score (nSPS) is 31.9. The molecular formula is C13H21NO11. The summed E-state index contributed by atoms with van der Waals surface area (Å²) in [6.45, 7) is -1.23. The number of nitrogens with zero attached hydrogens (tertiary/aromatic N) is 1. The number of carboxylic acids is 1. The summed E-state index contributed by atoms with van der Waals surface area (Å²) < 4.78 is 4.88. The zero-order valence-corrected chi connectivity index (χ0v) is 13.2. The van der Waals surface area contributed by atoms with Crippen molar-refractivity contribution in [2.75, 3.05) is 13.2 Å². The number of ether oxygens (including phenoxy) is 1. The average molecular weight is 367 g/mol. The molecule has 0 saturated carbocycles. The number of aliphatic hydroxyl groups is 6. The first-order chi connectivity index (χ1) is 11.5. The van der Waals surface area contributed by atoms with Gasteiger partial charge in [-0.25, -0.2) is 4.79 Å². The quantitative estimate of drug-likeness (QED) is 0.238. The number of carboxylic acid groups (broad SMARTS) is 1. The van der Waals surface area contributed by atoms with Crippen LogP contribution in [0.2, 0.25) is 0 Å². The maximum Gasteiger partial charge on any atom is 0.364 e. The molecule has 1 heterocycles. The molecule has 1 aliphatic rings. The maximum atomic E-state index is 11.8. The Labute approximate surface area is 141 Å². The molecule has 1 saturated heterocycles. The number of amides is 2. The second-order valence-electron chi connectivity index (χ2n) is 5.62. The van der Waals surface area contributed by atoms with Gasteiger partial charge in [0.1, 0.15) is 24.9 Å². The monoisotopic (exact) mass is 367 g/mol. The van der Waals surface area contributed by atoms with Gasteiger partial charge in [-0.1, -0.05) is 0 Å². The molecule has 144 valence electrons. The van der Waals surface area contributed by atoms with Gasteiger partial charge in [-0.3, -0.25) is 14.5 Å². The molecule has 0 aromatic carbocycles. The van der Waals surface area contributed by atoms with Crippen molar-refractivity contribution in [2.45, 2.75) is 49.6 Å². The maximum absolute atomic E-state index is 11.8. The van der Waals surface area contributed by atoms with Crippen molar-refractivity contribution in [3.8, 4) is 0 Å². The summed E-state index contributed by atoms with van der Waals surface area (Å²) in [4.78, 5) is 35.1. The minimum Gasteiger partial charge on any atom is -0.477 e. The lowest BCUT2D eigenvalue weighted by Crippen LogP contribution is -2.69. The van der Waals surface area contributed by atoms with Gasteiger partial charge >= 0.3 is 5.97 Å². The highest BCUT2D eigenvalue weighted by molar-refractivity contribution is 5.95. The molecule has 1 aliphatic heterocycles. The van der Waals surface area contributed by atoms with E-state index >= 15 is 0 Å². The van der Waals surface area contributed by atoms with Gasteiger partial charge in [0.05, 0.1) is 18.8 Å². The van der Waals surface area contributed by atoms with Gasteiger partial charge in [-0.05, 0) is 0 Å². The predicted molar refractivity (Wildman–Crippen MR) is 75.6 cm³/mol. The van der Waals surface area contributed by atoms with E-state index in [1.165, 1.54) is 0 Å². The molecule has 1 fully saturated rings. The molecule has 0 aliphatic carbocycles. The van der Waals surface area contributed by atoms with Gasteiger partial charge in [0, 0.05) is 13.3 Å². The van der Waals surface area contributed by atoms with E-state index in [9.17, 15) is 34.8 Å². The highest BCUT2D eigenvalue weighted by Crippen LogP contribution is 2.33. The molecular weight excluding hydrogens is 346 g/mol. The first-order valence-electron chi connectivity index (χ1n) is 7.22. The number of hydrogen-bond acceptors (Lipinski definition) is 10. The van der Waals surface area contributed by atoms with E-state index in [0.29, 0.717) is 4.90 Å². The molecule has 6 atom stereocenters. The van der Waals surface area contributed by atoms with Crippen molar-refractivity contribution in [3.05, 3.63) is 0 Å². The van der Waals surface area contributed by atoms with Crippen LogP contribution < -0.4 is 0 Å². The minimum absolute atomic E-state index is 0.337. The molecule has 25 heavy (non-hydrogen) atoms. The number of carbonyl (C=O) groups is 3. The molecule has 0 spiro atoms. The number of hydrogen-bond donors (Lipinski definition) is 7. The molecule has 12 heteroatoms. The second kappa shape index (κ2) is 8.14. The van der Waals surface area contributed by atoms with Crippen LogP contribution >= 0.6 is 0 Å². The molecule has 1 unspecified atom stereocenters. The minimum atomic E-state index is -2.97. The fourth-order valence-electron chi connectivity index (χ4n) is 2.65. The van der Waals surface area contributed by atoms with Crippen molar-refractivity contribution in [1.29, 1.82) is 0 Å². The lowest BCUT2D eigenvalue weighted by atomic mass is 9.87. The third kappa shape index (κ3) is 4.30. The molecule has 7 N–H and O–H groups in total. The number of imide groups is 1. The second-order valence-corrected chi connectivity index (χ2v) is 5.62. The SMILES string of the molecule is CC(=O)N(C(=O)CO)[C@@H]1[C@@H](O)C[C@](O)(C(=O)O)O[C@H]1C(O)[C@H](O)CO. The van der Waals surface area contributed by atoms with E-state index in [4.69, 9.17) is 20.1 Å². The Morgan fingerprint density at radius 3 is 2.24 bits per heavy atom. The Morgan fingerprint density at radius 1 is 1.28 bits per heavy atom. The van der Waals surface area contributed by atoms with Crippen LogP contribution in [0, 0.1) is 0 Å². The number of aliphatic carboxylic acids is 1. The van der Waals surface area contributed by atoms with E-state index < -0.39 is 73.7 Å². The summed E-state index contributed by atoms with van der Waals surface area (Å²) in [5, 5.41) is 66.8. The van der Waals surface area contributed by atoms with Crippen molar-refractivity contribution in [3.63, 3.8) is 0 Å². The van der Waals surface area contributed by atoms with Crippen LogP contribution in [-0.4, -0.2) is 108 Å². The van der Waals surface area contributed by atoms with Crippen LogP contribution in [0.15, 0.2) is 0 Å². The molecule has 2 amide bonds.